The third-order valence-corrected chi connectivity index (χ3v) is 3.55. The maximum Gasteiger partial charge on any atom is 0.203 e. The molecule has 0 amide bonds. The van der Waals surface area contributed by atoms with Gasteiger partial charge in [-0.05, 0) is 31.0 Å². The van der Waals surface area contributed by atoms with Crippen molar-refractivity contribution in [3.05, 3.63) is 53.6 Å². The molecule has 122 valence electrons. The molecule has 2 aromatic rings. The molecule has 0 aromatic heterocycles. The number of rotatable bonds is 8. The highest BCUT2D eigenvalue weighted by Gasteiger charge is 2.14. The van der Waals surface area contributed by atoms with Crippen molar-refractivity contribution in [1.29, 1.82) is 0 Å². The van der Waals surface area contributed by atoms with Gasteiger partial charge in [-0.25, -0.2) is 0 Å². The van der Waals surface area contributed by atoms with Crippen LogP contribution in [0.4, 0.5) is 0 Å². The molecule has 0 aliphatic heterocycles. The van der Waals surface area contributed by atoms with E-state index in [0.29, 0.717) is 36.7 Å². The number of hydrogen-bond donors (Lipinski definition) is 0. The third-order valence-electron chi connectivity index (χ3n) is 3.55. The van der Waals surface area contributed by atoms with Gasteiger partial charge in [0.1, 0.15) is 0 Å². The molecule has 0 N–H and O–H groups in total. The van der Waals surface area contributed by atoms with Crippen LogP contribution in [0.5, 0.6) is 17.2 Å². The second kappa shape index (κ2) is 8.22. The maximum absolute atomic E-state index is 12.2. The van der Waals surface area contributed by atoms with Crippen LogP contribution >= 0.6 is 0 Å². The third kappa shape index (κ3) is 4.25. The van der Waals surface area contributed by atoms with Crippen molar-refractivity contribution in [2.45, 2.75) is 19.8 Å². The van der Waals surface area contributed by atoms with Crippen LogP contribution in [0.2, 0.25) is 0 Å². The minimum absolute atomic E-state index is 0.123. The highest BCUT2D eigenvalue weighted by molar-refractivity contribution is 5.96. The van der Waals surface area contributed by atoms with Gasteiger partial charge in [-0.2, -0.15) is 0 Å². The molecule has 0 aliphatic rings. The summed E-state index contributed by atoms with van der Waals surface area (Å²) in [5.74, 6) is 1.95. The summed E-state index contributed by atoms with van der Waals surface area (Å²) in [6.07, 6.45) is 1.05. The number of ketones is 1. The van der Waals surface area contributed by atoms with Crippen LogP contribution < -0.4 is 14.2 Å². The Morgan fingerprint density at radius 1 is 1.00 bits per heavy atom. The first-order valence-electron chi connectivity index (χ1n) is 7.65. The summed E-state index contributed by atoms with van der Waals surface area (Å²) in [5.41, 5.74) is 1.71. The number of carbonyl (C=O) groups excluding carboxylic acids is 1. The Hall–Kier alpha value is -2.49. The Balaban J connectivity index is 2.15. The molecule has 0 radical (unpaired) electrons. The molecule has 0 atom stereocenters. The molecule has 0 spiro atoms. The molecule has 4 nitrogen and oxygen atoms in total. The fourth-order valence-electron chi connectivity index (χ4n) is 2.39. The zero-order chi connectivity index (χ0) is 16.7. The molecule has 0 saturated heterocycles. The van der Waals surface area contributed by atoms with Gasteiger partial charge in [-0.3, -0.25) is 4.79 Å². The largest absolute Gasteiger partial charge is 0.493 e. The van der Waals surface area contributed by atoms with E-state index in [1.165, 1.54) is 0 Å². The first-order chi connectivity index (χ1) is 11.2. The van der Waals surface area contributed by atoms with E-state index < -0.39 is 0 Å². The first-order valence-corrected chi connectivity index (χ1v) is 7.65. The number of benzene rings is 2. The van der Waals surface area contributed by atoms with Gasteiger partial charge < -0.3 is 14.2 Å². The van der Waals surface area contributed by atoms with E-state index in [1.807, 2.05) is 49.4 Å². The molecule has 0 saturated carbocycles. The van der Waals surface area contributed by atoms with E-state index in [1.54, 1.807) is 14.2 Å². The van der Waals surface area contributed by atoms with Crippen LogP contribution in [0.1, 0.15) is 29.3 Å². The standard InChI is InChI=1S/C19H22O4/c1-4-23-19-17(21-2)12-14(13-18(19)22-3)10-11-16(20)15-8-6-5-7-9-15/h5-9,12-13H,4,10-11H2,1-3H3. The fourth-order valence-corrected chi connectivity index (χ4v) is 2.39. The lowest BCUT2D eigenvalue weighted by Gasteiger charge is -2.15. The van der Waals surface area contributed by atoms with Gasteiger partial charge in [0.15, 0.2) is 17.3 Å². The number of methoxy groups -OCH3 is 2. The smallest absolute Gasteiger partial charge is 0.203 e. The van der Waals surface area contributed by atoms with Gasteiger partial charge in [0, 0.05) is 12.0 Å². The Kier molecular flexibility index (Phi) is 6.03. The molecule has 23 heavy (non-hydrogen) atoms. The normalized spacial score (nSPS) is 10.2. The average molecular weight is 314 g/mol. The van der Waals surface area contributed by atoms with E-state index in [0.717, 1.165) is 11.1 Å². The van der Waals surface area contributed by atoms with Gasteiger partial charge in [-0.1, -0.05) is 30.3 Å². The SMILES string of the molecule is CCOc1c(OC)cc(CCC(=O)c2ccccc2)cc1OC. The summed E-state index contributed by atoms with van der Waals surface area (Å²) in [5, 5.41) is 0. The molecule has 0 aliphatic carbocycles. The van der Waals surface area contributed by atoms with Crippen molar-refractivity contribution in [3.63, 3.8) is 0 Å². The molecule has 0 fully saturated rings. The second-order valence-corrected chi connectivity index (χ2v) is 5.05. The molecule has 4 heteroatoms. The zero-order valence-corrected chi connectivity index (χ0v) is 13.8. The van der Waals surface area contributed by atoms with Gasteiger partial charge >= 0.3 is 0 Å². The Bertz CT molecular complexity index is 625. The van der Waals surface area contributed by atoms with Crippen molar-refractivity contribution in [2.75, 3.05) is 20.8 Å². The Morgan fingerprint density at radius 3 is 2.13 bits per heavy atom. The summed E-state index contributed by atoms with van der Waals surface area (Å²) < 4.78 is 16.3. The minimum Gasteiger partial charge on any atom is -0.493 e. The fraction of sp³-hybridized carbons (Fsp3) is 0.316. The predicted octanol–water partition coefficient (Wildman–Crippen LogP) is 3.92. The van der Waals surface area contributed by atoms with Crippen LogP contribution in [0.15, 0.2) is 42.5 Å². The summed E-state index contributed by atoms with van der Waals surface area (Å²) in [4.78, 5) is 12.2. The second-order valence-electron chi connectivity index (χ2n) is 5.05. The lowest BCUT2D eigenvalue weighted by Crippen LogP contribution is -2.03. The lowest BCUT2D eigenvalue weighted by atomic mass is 10.0. The van der Waals surface area contributed by atoms with Gasteiger partial charge in [0.05, 0.1) is 20.8 Å². The van der Waals surface area contributed by atoms with Crippen molar-refractivity contribution in [1.82, 2.24) is 0 Å². The number of Topliss-reactive ketones (excluding diaryl/α,β-unsaturated/α-hetero) is 1. The van der Waals surface area contributed by atoms with Gasteiger partial charge in [0.2, 0.25) is 5.75 Å². The topological polar surface area (TPSA) is 44.8 Å². The van der Waals surface area contributed by atoms with Crippen molar-refractivity contribution in [2.24, 2.45) is 0 Å². The van der Waals surface area contributed by atoms with Crippen LogP contribution in [-0.2, 0) is 6.42 Å². The van der Waals surface area contributed by atoms with Crippen LogP contribution in [-0.4, -0.2) is 26.6 Å². The summed E-state index contributed by atoms with van der Waals surface area (Å²) >= 11 is 0. The molecule has 0 unspecified atom stereocenters. The van der Waals surface area contributed by atoms with Crippen LogP contribution in [0.3, 0.4) is 0 Å². The highest BCUT2D eigenvalue weighted by Crippen LogP contribution is 2.38. The Labute approximate surface area is 137 Å². The van der Waals surface area contributed by atoms with Crippen LogP contribution in [0.25, 0.3) is 0 Å². The molecule has 0 bridgehead atoms. The summed E-state index contributed by atoms with van der Waals surface area (Å²) in [6, 6.07) is 13.1. The van der Waals surface area contributed by atoms with Crippen molar-refractivity contribution >= 4 is 5.78 Å². The maximum atomic E-state index is 12.2. The van der Waals surface area contributed by atoms with Gasteiger partial charge in [-0.15, -0.1) is 0 Å². The van der Waals surface area contributed by atoms with E-state index in [-0.39, 0.29) is 5.78 Å². The zero-order valence-electron chi connectivity index (χ0n) is 13.8. The first kappa shape index (κ1) is 16.9. The number of ether oxygens (including phenoxy) is 3. The Morgan fingerprint density at radius 2 is 1.61 bits per heavy atom. The number of hydrogen-bond acceptors (Lipinski definition) is 4. The summed E-state index contributed by atoms with van der Waals surface area (Å²) in [6.45, 7) is 2.43. The number of aryl methyl sites for hydroxylation is 1. The van der Waals surface area contributed by atoms with E-state index >= 15 is 0 Å². The quantitative estimate of drug-likeness (QED) is 0.693. The molecule has 0 heterocycles. The van der Waals surface area contributed by atoms with E-state index in [9.17, 15) is 4.79 Å². The highest BCUT2D eigenvalue weighted by atomic mass is 16.5. The molecular weight excluding hydrogens is 292 g/mol. The monoisotopic (exact) mass is 314 g/mol. The van der Waals surface area contributed by atoms with E-state index in [2.05, 4.69) is 0 Å². The minimum atomic E-state index is 0.123. The number of carbonyl (C=O) groups is 1. The predicted molar refractivity (Wildman–Crippen MR) is 89.8 cm³/mol. The summed E-state index contributed by atoms with van der Waals surface area (Å²) in [7, 11) is 3.19. The van der Waals surface area contributed by atoms with Crippen LogP contribution in [0, 0.1) is 0 Å². The molecule has 2 rings (SSSR count). The average Bonchev–Trinajstić information content (AvgIpc) is 2.61. The molecule has 2 aromatic carbocycles. The lowest BCUT2D eigenvalue weighted by molar-refractivity contribution is 0.0983. The van der Waals surface area contributed by atoms with E-state index in [4.69, 9.17) is 14.2 Å². The van der Waals surface area contributed by atoms with Gasteiger partial charge in [0.25, 0.3) is 0 Å². The van der Waals surface area contributed by atoms with Crippen molar-refractivity contribution < 1.29 is 19.0 Å². The van der Waals surface area contributed by atoms with Crippen molar-refractivity contribution in [3.8, 4) is 17.2 Å². The molecular formula is C19H22O4.